The third-order valence-electron chi connectivity index (χ3n) is 2.63. The normalized spacial score (nSPS) is 10.7. The summed E-state index contributed by atoms with van der Waals surface area (Å²) in [5, 5.41) is 13.7. The van der Waals surface area contributed by atoms with E-state index in [1.54, 1.807) is 7.11 Å². The van der Waals surface area contributed by atoms with Crippen LogP contribution in [0.25, 0.3) is 0 Å². The van der Waals surface area contributed by atoms with E-state index < -0.39 is 0 Å². The Morgan fingerprint density at radius 2 is 2.40 bits per heavy atom. The smallest absolute Gasteiger partial charge is 0.287 e. The highest BCUT2D eigenvalue weighted by Gasteiger charge is 2.08. The van der Waals surface area contributed by atoms with Crippen molar-refractivity contribution in [1.29, 1.82) is 0 Å². The number of ether oxygens (including phenoxy) is 1. The van der Waals surface area contributed by atoms with Gasteiger partial charge in [0.05, 0.1) is 25.0 Å². The zero-order valence-electron chi connectivity index (χ0n) is 11.0. The van der Waals surface area contributed by atoms with E-state index in [0.717, 1.165) is 5.82 Å². The molecule has 0 aliphatic carbocycles. The fourth-order valence-corrected chi connectivity index (χ4v) is 1.81. The molecule has 0 saturated heterocycles. The molecule has 8 nitrogen and oxygen atoms in total. The minimum absolute atomic E-state index is 0.119. The molecule has 0 aliphatic heterocycles. The summed E-state index contributed by atoms with van der Waals surface area (Å²) in [7, 11) is 1.56. The van der Waals surface area contributed by atoms with Gasteiger partial charge in [0, 0.05) is 20.1 Å². The number of H-pyrrole nitrogens is 1. The average Bonchev–Trinajstić information content (AvgIpc) is 2.96. The van der Waals surface area contributed by atoms with Gasteiger partial charge in [-0.15, -0.1) is 0 Å². The molecule has 0 amide bonds. The first-order chi connectivity index (χ1) is 9.72. The Bertz CT molecular complexity index is 597. The summed E-state index contributed by atoms with van der Waals surface area (Å²) in [6, 6.07) is 0. The highest BCUT2D eigenvalue weighted by molar-refractivity contribution is 6.32. The lowest BCUT2D eigenvalue weighted by molar-refractivity contribution is 0.182. The lowest BCUT2D eigenvalue weighted by Gasteiger charge is -2.09. The maximum Gasteiger partial charge on any atom is 0.287 e. The van der Waals surface area contributed by atoms with Crippen molar-refractivity contribution in [2.45, 2.75) is 13.0 Å². The molecule has 0 saturated carbocycles. The van der Waals surface area contributed by atoms with Gasteiger partial charge in [-0.25, -0.2) is 9.67 Å². The van der Waals surface area contributed by atoms with Crippen molar-refractivity contribution in [2.75, 3.05) is 25.6 Å². The topological polar surface area (TPSA) is 97.7 Å². The molecule has 2 rings (SSSR count). The Morgan fingerprint density at radius 3 is 3.10 bits per heavy atom. The van der Waals surface area contributed by atoms with E-state index in [4.69, 9.17) is 16.3 Å². The van der Waals surface area contributed by atoms with Crippen molar-refractivity contribution in [1.82, 2.24) is 25.0 Å². The molecule has 0 unspecified atom stereocenters. The van der Waals surface area contributed by atoms with E-state index in [2.05, 4.69) is 25.6 Å². The molecule has 0 bridgehead atoms. The average molecular weight is 299 g/mol. The summed E-state index contributed by atoms with van der Waals surface area (Å²) < 4.78 is 6.17. The number of hydrogen-bond acceptors (Lipinski definition) is 6. The van der Waals surface area contributed by atoms with Gasteiger partial charge in [-0.3, -0.25) is 9.89 Å². The van der Waals surface area contributed by atoms with Crippen LogP contribution in [-0.4, -0.2) is 45.2 Å². The second-order valence-corrected chi connectivity index (χ2v) is 4.38. The summed E-state index contributed by atoms with van der Waals surface area (Å²) in [6.45, 7) is 1.34. The van der Waals surface area contributed by atoms with Gasteiger partial charge in [0.25, 0.3) is 5.56 Å². The molecule has 2 heterocycles. The van der Waals surface area contributed by atoms with Gasteiger partial charge in [0.2, 0.25) is 0 Å². The summed E-state index contributed by atoms with van der Waals surface area (Å²) in [4.78, 5) is 15.9. The minimum Gasteiger partial charge on any atom is -0.383 e. The van der Waals surface area contributed by atoms with Crippen LogP contribution >= 0.6 is 11.6 Å². The Hall–Kier alpha value is -1.93. The molecule has 0 aliphatic rings. The lowest BCUT2D eigenvalue weighted by Crippen LogP contribution is -2.26. The molecule has 9 heteroatoms. The first kappa shape index (κ1) is 14.5. The van der Waals surface area contributed by atoms with E-state index in [1.807, 2.05) is 0 Å². The van der Waals surface area contributed by atoms with Crippen molar-refractivity contribution in [3.63, 3.8) is 0 Å². The summed E-state index contributed by atoms with van der Waals surface area (Å²) in [6.07, 6.45) is 3.61. The van der Waals surface area contributed by atoms with Crippen LogP contribution in [0.2, 0.25) is 5.02 Å². The first-order valence-electron chi connectivity index (χ1n) is 6.05. The van der Waals surface area contributed by atoms with E-state index in [0.29, 0.717) is 31.8 Å². The zero-order chi connectivity index (χ0) is 14.4. The predicted molar refractivity (Wildman–Crippen MR) is 74.0 cm³/mol. The van der Waals surface area contributed by atoms with Gasteiger partial charge >= 0.3 is 0 Å². The summed E-state index contributed by atoms with van der Waals surface area (Å²) in [5.74, 6) is 0.759. The third-order valence-corrected chi connectivity index (χ3v) is 3.00. The number of hydrogen-bond donors (Lipinski definition) is 2. The Morgan fingerprint density at radius 1 is 1.55 bits per heavy atom. The number of aromatic amines is 1. The van der Waals surface area contributed by atoms with Gasteiger partial charge in [0.15, 0.2) is 0 Å². The highest BCUT2D eigenvalue weighted by atomic mass is 35.5. The lowest BCUT2D eigenvalue weighted by atomic mass is 10.3. The van der Waals surface area contributed by atoms with Gasteiger partial charge in [-0.05, 0) is 0 Å². The summed E-state index contributed by atoms with van der Waals surface area (Å²) in [5.41, 5.74) is 0.165. The quantitative estimate of drug-likeness (QED) is 0.764. The minimum atomic E-state index is -0.339. The van der Waals surface area contributed by atoms with Crippen LogP contribution in [0.15, 0.2) is 17.3 Å². The number of nitrogens with zero attached hydrogens (tertiary/aromatic N) is 4. The number of anilines is 1. The molecule has 0 atom stereocenters. The van der Waals surface area contributed by atoms with E-state index in [1.165, 1.54) is 17.2 Å². The van der Waals surface area contributed by atoms with E-state index in [-0.39, 0.29) is 10.6 Å². The molecule has 2 aromatic rings. The Balaban J connectivity index is 1.98. The second kappa shape index (κ2) is 7.01. The number of aromatic nitrogens is 5. The molecule has 0 fully saturated rings. The zero-order valence-corrected chi connectivity index (χ0v) is 11.7. The van der Waals surface area contributed by atoms with E-state index >= 15 is 0 Å². The fourth-order valence-electron chi connectivity index (χ4n) is 1.59. The van der Waals surface area contributed by atoms with Crippen molar-refractivity contribution >= 4 is 17.3 Å². The standard InChI is InChI=1S/C11H15ClN6O2/c1-20-5-4-18-11(19)10(12)8(6-16-18)13-3-2-9-14-7-15-17-9/h6-7,13H,2-5H2,1H3,(H,14,15,17). The monoisotopic (exact) mass is 298 g/mol. The number of nitrogens with one attached hydrogen (secondary N) is 2. The van der Waals surface area contributed by atoms with Crippen molar-refractivity contribution < 1.29 is 4.74 Å². The van der Waals surface area contributed by atoms with Crippen LogP contribution in [0.5, 0.6) is 0 Å². The van der Waals surface area contributed by atoms with Crippen LogP contribution < -0.4 is 10.9 Å². The summed E-state index contributed by atoms with van der Waals surface area (Å²) >= 11 is 6.03. The number of methoxy groups -OCH3 is 1. The predicted octanol–water partition coefficient (Wildman–Crippen LogP) is 0.316. The van der Waals surface area contributed by atoms with Crippen LogP contribution in [0.3, 0.4) is 0 Å². The van der Waals surface area contributed by atoms with Crippen molar-refractivity contribution in [2.24, 2.45) is 0 Å². The first-order valence-corrected chi connectivity index (χ1v) is 6.43. The van der Waals surface area contributed by atoms with E-state index in [9.17, 15) is 4.79 Å². The molecule has 0 spiro atoms. The molecule has 2 N–H and O–H groups in total. The molecular weight excluding hydrogens is 284 g/mol. The molecule has 2 aromatic heterocycles. The number of rotatable bonds is 7. The molecular formula is C11H15ClN6O2. The van der Waals surface area contributed by atoms with Crippen molar-refractivity contribution in [3.05, 3.63) is 33.7 Å². The van der Waals surface area contributed by atoms with Crippen LogP contribution in [-0.2, 0) is 17.7 Å². The van der Waals surface area contributed by atoms with Gasteiger partial charge in [-0.2, -0.15) is 10.2 Å². The molecule has 20 heavy (non-hydrogen) atoms. The molecule has 108 valence electrons. The Kier molecular flexibility index (Phi) is 5.08. The highest BCUT2D eigenvalue weighted by Crippen LogP contribution is 2.14. The maximum absolute atomic E-state index is 11.9. The maximum atomic E-state index is 11.9. The third kappa shape index (κ3) is 3.55. The molecule has 0 aromatic carbocycles. The second-order valence-electron chi connectivity index (χ2n) is 4.00. The van der Waals surface area contributed by atoms with Crippen molar-refractivity contribution in [3.8, 4) is 0 Å². The number of halogens is 1. The molecule has 0 radical (unpaired) electrons. The largest absolute Gasteiger partial charge is 0.383 e. The van der Waals surface area contributed by atoms with Crippen LogP contribution in [0, 0.1) is 0 Å². The Labute approximate surface area is 120 Å². The fraction of sp³-hybridized carbons (Fsp3) is 0.455. The SMILES string of the molecule is COCCn1ncc(NCCc2ncn[nH]2)c(Cl)c1=O. The van der Waals surface area contributed by atoms with Crippen LogP contribution in [0.4, 0.5) is 5.69 Å². The van der Waals surface area contributed by atoms with Gasteiger partial charge in [-0.1, -0.05) is 11.6 Å². The van der Waals surface area contributed by atoms with Gasteiger partial charge in [0.1, 0.15) is 17.2 Å². The van der Waals surface area contributed by atoms with Gasteiger partial charge < -0.3 is 10.1 Å². The van der Waals surface area contributed by atoms with Crippen LogP contribution in [0.1, 0.15) is 5.82 Å².